The minimum Gasteiger partial charge on any atom is -0.471 e. The molecule has 0 bridgehead atoms. The van der Waals surface area contributed by atoms with Crippen molar-refractivity contribution in [1.29, 1.82) is 5.26 Å². The molecule has 8 nitrogen and oxygen atoms in total. The lowest BCUT2D eigenvalue weighted by Crippen LogP contribution is -2.40. The van der Waals surface area contributed by atoms with Gasteiger partial charge in [0.2, 0.25) is 15.9 Å². The zero-order valence-corrected chi connectivity index (χ0v) is 14.3. The van der Waals surface area contributed by atoms with Gasteiger partial charge >= 0.3 is 0 Å². The van der Waals surface area contributed by atoms with E-state index in [2.05, 4.69) is 10.1 Å². The van der Waals surface area contributed by atoms with Crippen molar-refractivity contribution in [2.75, 3.05) is 6.54 Å². The van der Waals surface area contributed by atoms with E-state index in [1.54, 1.807) is 23.0 Å². The number of aromatic nitrogens is 3. The van der Waals surface area contributed by atoms with Crippen molar-refractivity contribution in [2.24, 2.45) is 0 Å². The van der Waals surface area contributed by atoms with Gasteiger partial charge in [-0.05, 0) is 25.0 Å². The van der Waals surface area contributed by atoms with E-state index in [-0.39, 0.29) is 11.8 Å². The summed E-state index contributed by atoms with van der Waals surface area (Å²) in [5, 5.41) is 12.8. The van der Waals surface area contributed by atoms with Gasteiger partial charge in [0.05, 0.1) is 36.1 Å². The molecule has 2 aliphatic rings. The molecule has 0 saturated heterocycles. The van der Waals surface area contributed by atoms with E-state index in [1.165, 1.54) is 10.5 Å². The van der Waals surface area contributed by atoms with Crippen LogP contribution >= 0.6 is 0 Å². The summed E-state index contributed by atoms with van der Waals surface area (Å²) >= 11 is 0. The topological polar surface area (TPSA) is 101 Å². The highest BCUT2D eigenvalue weighted by molar-refractivity contribution is 7.90. The molecule has 4 rings (SSSR count). The van der Waals surface area contributed by atoms with Gasteiger partial charge in [-0.3, -0.25) is 4.68 Å². The predicted molar refractivity (Wildman–Crippen MR) is 87.9 cm³/mol. The summed E-state index contributed by atoms with van der Waals surface area (Å²) in [5.74, 6) is 0.364. The van der Waals surface area contributed by atoms with Crippen LogP contribution in [0.15, 0.2) is 30.6 Å². The molecule has 25 heavy (non-hydrogen) atoms. The number of pyridine rings is 1. The van der Waals surface area contributed by atoms with E-state index in [4.69, 9.17) is 10.00 Å². The molecule has 1 fully saturated rings. The molecule has 9 heteroatoms. The molecule has 1 aliphatic carbocycles. The average molecular weight is 359 g/mol. The maximum absolute atomic E-state index is 12.7. The van der Waals surface area contributed by atoms with Crippen molar-refractivity contribution in [3.63, 3.8) is 0 Å². The number of hydrogen-bond donors (Lipinski definition) is 0. The largest absolute Gasteiger partial charge is 0.471 e. The van der Waals surface area contributed by atoms with Crippen LogP contribution in [-0.2, 0) is 23.1 Å². The van der Waals surface area contributed by atoms with Crippen LogP contribution in [-0.4, -0.2) is 45.4 Å². The first-order valence-electron chi connectivity index (χ1n) is 8.09. The summed E-state index contributed by atoms with van der Waals surface area (Å²) in [4.78, 5) is 4.11. The molecule has 1 saturated carbocycles. The van der Waals surface area contributed by atoms with Crippen LogP contribution in [0.4, 0.5) is 0 Å². The first-order chi connectivity index (χ1) is 12.1. The van der Waals surface area contributed by atoms with Crippen molar-refractivity contribution >= 4 is 10.0 Å². The van der Waals surface area contributed by atoms with Crippen molar-refractivity contribution in [3.8, 4) is 11.9 Å². The number of fused-ring (bicyclic) bond motifs is 1. The van der Waals surface area contributed by atoms with E-state index < -0.39 is 16.1 Å². The summed E-state index contributed by atoms with van der Waals surface area (Å²) in [6.45, 7) is 1.00. The molecule has 0 aromatic carbocycles. The first-order valence-corrected chi connectivity index (χ1v) is 9.59. The van der Waals surface area contributed by atoms with Crippen LogP contribution in [0.25, 0.3) is 0 Å². The molecule has 2 aromatic rings. The number of hydrogen-bond acceptors (Lipinski definition) is 6. The van der Waals surface area contributed by atoms with Crippen LogP contribution in [0.3, 0.4) is 0 Å². The van der Waals surface area contributed by atoms with Crippen LogP contribution in [0.2, 0.25) is 0 Å². The lowest BCUT2D eigenvalue weighted by Gasteiger charge is -2.23. The van der Waals surface area contributed by atoms with Gasteiger partial charge in [0.15, 0.2) is 0 Å². The molecule has 1 atom stereocenters. The van der Waals surface area contributed by atoms with Crippen LogP contribution in [0.1, 0.15) is 24.1 Å². The van der Waals surface area contributed by atoms with E-state index in [1.807, 2.05) is 12.1 Å². The van der Waals surface area contributed by atoms with Crippen LogP contribution in [0, 0.1) is 11.3 Å². The Morgan fingerprint density at radius 3 is 2.76 bits per heavy atom. The minimum atomic E-state index is -3.32. The molecule has 1 unspecified atom stereocenters. The zero-order valence-electron chi connectivity index (χ0n) is 13.4. The second-order valence-electron chi connectivity index (χ2n) is 6.28. The van der Waals surface area contributed by atoms with E-state index in [0.717, 1.165) is 18.5 Å². The number of nitrogens with zero attached hydrogens (tertiary/aromatic N) is 5. The third-order valence-electron chi connectivity index (χ3n) is 4.39. The molecular formula is C16H17N5O3S. The Morgan fingerprint density at radius 2 is 2.08 bits per heavy atom. The quantitative estimate of drug-likeness (QED) is 0.804. The van der Waals surface area contributed by atoms with Gasteiger partial charge in [-0.2, -0.15) is 14.7 Å². The lowest BCUT2D eigenvalue weighted by atomic mass is 10.3. The van der Waals surface area contributed by atoms with E-state index in [0.29, 0.717) is 24.5 Å². The maximum Gasteiger partial charge on any atom is 0.217 e. The molecule has 0 N–H and O–H groups in total. The molecule has 0 radical (unpaired) electrons. The van der Waals surface area contributed by atoms with Crippen molar-refractivity contribution in [3.05, 3.63) is 41.9 Å². The molecular weight excluding hydrogens is 342 g/mol. The molecule has 130 valence electrons. The highest BCUT2D eigenvalue weighted by Gasteiger charge is 2.42. The monoisotopic (exact) mass is 359 g/mol. The molecule has 0 spiro atoms. The first kappa shape index (κ1) is 16.1. The number of rotatable bonds is 4. The molecule has 3 heterocycles. The van der Waals surface area contributed by atoms with Gasteiger partial charge in [0, 0.05) is 18.5 Å². The van der Waals surface area contributed by atoms with Crippen LogP contribution < -0.4 is 4.74 Å². The molecule has 0 amide bonds. The number of ether oxygens (including phenoxy) is 1. The second kappa shape index (κ2) is 6.13. The Hall–Kier alpha value is -2.44. The summed E-state index contributed by atoms with van der Waals surface area (Å²) in [6, 6.07) is 7.08. The van der Waals surface area contributed by atoms with Gasteiger partial charge in [-0.15, -0.1) is 0 Å². The molecule has 2 aromatic heterocycles. The summed E-state index contributed by atoms with van der Waals surface area (Å²) in [5.41, 5.74) is 1.30. The summed E-state index contributed by atoms with van der Waals surface area (Å²) < 4.78 is 34.6. The van der Waals surface area contributed by atoms with E-state index >= 15 is 0 Å². The second-order valence-corrected chi connectivity index (χ2v) is 8.49. The van der Waals surface area contributed by atoms with Gasteiger partial charge in [0.25, 0.3) is 0 Å². The van der Waals surface area contributed by atoms with E-state index in [9.17, 15) is 8.42 Å². The third-order valence-corrected chi connectivity index (χ3v) is 6.70. The highest BCUT2D eigenvalue weighted by atomic mass is 32.2. The Bertz CT molecular complexity index is 912. The van der Waals surface area contributed by atoms with Gasteiger partial charge in [-0.25, -0.2) is 13.4 Å². The minimum absolute atomic E-state index is 0.254. The van der Waals surface area contributed by atoms with Crippen molar-refractivity contribution in [1.82, 2.24) is 19.1 Å². The van der Waals surface area contributed by atoms with Gasteiger partial charge in [-0.1, -0.05) is 0 Å². The Morgan fingerprint density at radius 1 is 1.24 bits per heavy atom. The van der Waals surface area contributed by atoms with Crippen LogP contribution in [0.5, 0.6) is 5.88 Å². The molecule has 1 aliphatic heterocycles. The normalized spacial score (nSPS) is 21.2. The maximum atomic E-state index is 12.7. The Balaban J connectivity index is 1.59. The Kier molecular flexibility index (Phi) is 3.94. The highest BCUT2D eigenvalue weighted by Crippen LogP contribution is 2.32. The van der Waals surface area contributed by atoms with Crippen molar-refractivity contribution < 1.29 is 13.2 Å². The fraction of sp³-hybridized carbons (Fsp3) is 0.438. The zero-order chi connectivity index (χ0) is 17.4. The summed E-state index contributed by atoms with van der Waals surface area (Å²) in [7, 11) is -3.32. The fourth-order valence-corrected chi connectivity index (χ4v) is 4.75. The van der Waals surface area contributed by atoms with Gasteiger partial charge in [0.1, 0.15) is 12.2 Å². The Labute approximate surface area is 145 Å². The average Bonchev–Trinajstić information content (AvgIpc) is 3.40. The standard InChI is InChI=1S/C16H17N5O3S/c17-7-12-1-4-16(18-8-12)24-14-10-20(25(22,23)15-2-3-15)9-13-5-6-19-21(13)11-14/h1,4-6,8,14-15H,2-3,9-11H2. The number of nitriles is 1. The number of sulfonamides is 1. The lowest BCUT2D eigenvalue weighted by molar-refractivity contribution is 0.151. The summed E-state index contributed by atoms with van der Waals surface area (Å²) in [6.07, 6.45) is 4.14. The SMILES string of the molecule is N#Cc1ccc(OC2CN(S(=O)(=O)C3CC3)Cc3ccnn3C2)nc1. The smallest absolute Gasteiger partial charge is 0.217 e. The predicted octanol–water partition coefficient (Wildman–Crippen LogP) is 0.905. The fourth-order valence-electron chi connectivity index (χ4n) is 2.91. The van der Waals surface area contributed by atoms with Crippen molar-refractivity contribution in [2.45, 2.75) is 37.3 Å². The third kappa shape index (κ3) is 3.23. The van der Waals surface area contributed by atoms with Gasteiger partial charge < -0.3 is 4.74 Å².